The minimum atomic E-state index is -1.78. The third-order valence-electron chi connectivity index (χ3n) is 3.47. The number of nitrogens with zero attached hydrogens (tertiary/aromatic N) is 1. The molecule has 0 spiro atoms. The van der Waals surface area contributed by atoms with Gasteiger partial charge in [-0.15, -0.1) is 0 Å². The smallest absolute Gasteiger partial charge is 0.338 e. The summed E-state index contributed by atoms with van der Waals surface area (Å²) in [4.78, 5) is 38.7. The fourth-order valence-corrected chi connectivity index (χ4v) is 2.30. The zero-order chi connectivity index (χ0) is 16.9. The van der Waals surface area contributed by atoms with Gasteiger partial charge in [-0.05, 0) is 6.42 Å². The van der Waals surface area contributed by atoms with Gasteiger partial charge < -0.3 is 24.8 Å². The summed E-state index contributed by atoms with van der Waals surface area (Å²) >= 11 is 0. The molecule has 0 aliphatic carbocycles. The number of hydroxylamine groups is 2. The van der Waals surface area contributed by atoms with Crippen molar-refractivity contribution in [3.05, 3.63) is 0 Å². The van der Waals surface area contributed by atoms with Gasteiger partial charge in [0.15, 0.2) is 6.10 Å². The standard InChI is InChI=1S/C12H19NO9/c1-20-6-12(11(18)19)3-4-13(5-12)22-8(10(16)17)7(21-2)9(14)15/h7-8H,3-6H2,1-2H3,(H,14,15)(H,16,17)(H,18,19). The first-order chi connectivity index (χ1) is 10.3. The lowest BCUT2D eigenvalue weighted by molar-refractivity contribution is -0.230. The van der Waals surface area contributed by atoms with Crippen LogP contribution in [0.25, 0.3) is 0 Å². The lowest BCUT2D eigenvalue weighted by atomic mass is 9.88. The van der Waals surface area contributed by atoms with E-state index < -0.39 is 35.5 Å². The van der Waals surface area contributed by atoms with Gasteiger partial charge in [-0.3, -0.25) is 9.63 Å². The maximum atomic E-state index is 11.4. The minimum Gasteiger partial charge on any atom is -0.481 e. The van der Waals surface area contributed by atoms with Crippen LogP contribution in [-0.2, 0) is 28.7 Å². The second-order valence-electron chi connectivity index (χ2n) is 4.99. The Morgan fingerprint density at radius 3 is 2.14 bits per heavy atom. The number of hydrogen-bond donors (Lipinski definition) is 3. The molecule has 1 heterocycles. The maximum absolute atomic E-state index is 11.4. The van der Waals surface area contributed by atoms with Crippen molar-refractivity contribution in [3.63, 3.8) is 0 Å². The van der Waals surface area contributed by atoms with Crippen LogP contribution in [0.2, 0.25) is 0 Å². The zero-order valence-electron chi connectivity index (χ0n) is 12.2. The van der Waals surface area contributed by atoms with Gasteiger partial charge in [-0.25, -0.2) is 9.59 Å². The summed E-state index contributed by atoms with van der Waals surface area (Å²) in [5.74, 6) is -4.10. The van der Waals surface area contributed by atoms with Crippen molar-refractivity contribution in [1.29, 1.82) is 0 Å². The lowest BCUT2D eigenvalue weighted by Crippen LogP contribution is -2.47. The Labute approximate surface area is 126 Å². The molecule has 0 radical (unpaired) electrons. The molecule has 10 nitrogen and oxygen atoms in total. The van der Waals surface area contributed by atoms with Gasteiger partial charge in [0.25, 0.3) is 0 Å². The molecule has 0 aromatic carbocycles. The van der Waals surface area contributed by atoms with Crippen LogP contribution in [0.1, 0.15) is 6.42 Å². The summed E-state index contributed by atoms with van der Waals surface area (Å²) in [6.07, 6.45) is -3.30. The first-order valence-corrected chi connectivity index (χ1v) is 6.40. The van der Waals surface area contributed by atoms with Crippen molar-refractivity contribution in [2.24, 2.45) is 5.41 Å². The fraction of sp³-hybridized carbons (Fsp3) is 0.750. The summed E-state index contributed by atoms with van der Waals surface area (Å²) in [5.41, 5.74) is -1.22. The van der Waals surface area contributed by atoms with E-state index in [9.17, 15) is 19.5 Å². The highest BCUT2D eigenvalue weighted by Crippen LogP contribution is 2.32. The number of rotatable bonds is 9. The van der Waals surface area contributed by atoms with Crippen LogP contribution in [-0.4, -0.2) is 84.4 Å². The van der Waals surface area contributed by atoms with E-state index in [1.807, 2.05) is 0 Å². The first kappa shape index (κ1) is 18.3. The van der Waals surface area contributed by atoms with Crippen molar-refractivity contribution in [2.45, 2.75) is 18.6 Å². The molecule has 1 rings (SSSR count). The summed E-state index contributed by atoms with van der Waals surface area (Å²) in [6.45, 7) is -0.0436. The van der Waals surface area contributed by atoms with E-state index in [0.29, 0.717) is 0 Å². The highest BCUT2D eigenvalue weighted by Gasteiger charge is 2.47. The van der Waals surface area contributed by atoms with Gasteiger partial charge in [0, 0.05) is 27.3 Å². The van der Waals surface area contributed by atoms with E-state index in [2.05, 4.69) is 4.74 Å². The molecule has 10 heteroatoms. The summed E-state index contributed by atoms with van der Waals surface area (Å²) in [5, 5.41) is 28.5. The first-order valence-electron chi connectivity index (χ1n) is 6.40. The van der Waals surface area contributed by atoms with Crippen molar-refractivity contribution >= 4 is 17.9 Å². The maximum Gasteiger partial charge on any atom is 0.338 e. The zero-order valence-corrected chi connectivity index (χ0v) is 12.2. The average molecular weight is 321 g/mol. The van der Waals surface area contributed by atoms with Crippen LogP contribution < -0.4 is 0 Å². The lowest BCUT2D eigenvalue weighted by Gasteiger charge is -2.26. The van der Waals surface area contributed by atoms with E-state index in [4.69, 9.17) is 19.8 Å². The van der Waals surface area contributed by atoms with E-state index in [-0.39, 0.29) is 26.1 Å². The Kier molecular flexibility index (Phi) is 6.23. The second kappa shape index (κ2) is 7.49. The van der Waals surface area contributed by atoms with Gasteiger partial charge in [-0.2, -0.15) is 5.06 Å². The van der Waals surface area contributed by atoms with Crippen molar-refractivity contribution in [2.75, 3.05) is 33.9 Å². The SMILES string of the molecule is COCC1(C(=O)O)CCN(OC(C(=O)O)C(OC)C(=O)O)C1. The Bertz CT molecular complexity index is 440. The molecule has 0 aromatic heterocycles. The number of ether oxygens (including phenoxy) is 2. The van der Waals surface area contributed by atoms with Crippen molar-refractivity contribution in [3.8, 4) is 0 Å². The van der Waals surface area contributed by atoms with Crippen LogP contribution in [0, 0.1) is 5.41 Å². The van der Waals surface area contributed by atoms with Crippen molar-refractivity contribution < 1.29 is 44.0 Å². The monoisotopic (exact) mass is 321 g/mol. The number of hydrogen-bond acceptors (Lipinski definition) is 7. The van der Waals surface area contributed by atoms with Gasteiger partial charge in [0.2, 0.25) is 6.10 Å². The number of aliphatic carboxylic acids is 3. The van der Waals surface area contributed by atoms with Crippen LogP contribution in [0.15, 0.2) is 0 Å². The van der Waals surface area contributed by atoms with E-state index in [1.165, 1.54) is 7.11 Å². The molecular weight excluding hydrogens is 302 g/mol. The van der Waals surface area contributed by atoms with Gasteiger partial charge >= 0.3 is 17.9 Å². The molecule has 0 aromatic rings. The van der Waals surface area contributed by atoms with Crippen LogP contribution in [0.3, 0.4) is 0 Å². The molecule has 126 valence electrons. The Morgan fingerprint density at radius 2 is 1.73 bits per heavy atom. The van der Waals surface area contributed by atoms with Crippen LogP contribution >= 0.6 is 0 Å². The quantitative estimate of drug-likeness (QED) is 0.478. The molecule has 22 heavy (non-hydrogen) atoms. The summed E-state index contributed by atoms with van der Waals surface area (Å²) in [6, 6.07) is 0. The molecule has 3 N–H and O–H groups in total. The van der Waals surface area contributed by atoms with E-state index >= 15 is 0 Å². The molecule has 3 unspecified atom stereocenters. The molecule has 1 fully saturated rings. The Balaban J connectivity index is 2.82. The predicted molar refractivity (Wildman–Crippen MR) is 69.1 cm³/mol. The Hall–Kier alpha value is -1.75. The molecular formula is C12H19NO9. The molecule has 1 saturated heterocycles. The van der Waals surface area contributed by atoms with Gasteiger partial charge in [0.05, 0.1) is 6.61 Å². The van der Waals surface area contributed by atoms with Crippen LogP contribution in [0.4, 0.5) is 0 Å². The summed E-state index contributed by atoms with van der Waals surface area (Å²) in [7, 11) is 2.41. The molecule has 1 aliphatic rings. The molecule has 0 bridgehead atoms. The third-order valence-corrected chi connectivity index (χ3v) is 3.47. The molecule has 3 atom stereocenters. The molecule has 1 aliphatic heterocycles. The van der Waals surface area contributed by atoms with Gasteiger partial charge in [-0.1, -0.05) is 0 Å². The highest BCUT2D eigenvalue weighted by molar-refractivity contribution is 5.83. The minimum absolute atomic E-state index is 0.0629. The van der Waals surface area contributed by atoms with E-state index in [0.717, 1.165) is 12.2 Å². The number of carboxylic acid groups (broad SMARTS) is 3. The largest absolute Gasteiger partial charge is 0.481 e. The topological polar surface area (TPSA) is 143 Å². The molecule has 0 amide bonds. The fourth-order valence-electron chi connectivity index (χ4n) is 2.30. The third kappa shape index (κ3) is 3.91. The highest BCUT2D eigenvalue weighted by atomic mass is 16.7. The normalized spacial score (nSPS) is 24.8. The summed E-state index contributed by atoms with van der Waals surface area (Å²) < 4.78 is 9.52. The second-order valence-corrected chi connectivity index (χ2v) is 4.99. The number of carbonyl (C=O) groups is 3. The number of carboxylic acids is 3. The average Bonchev–Trinajstić information content (AvgIpc) is 2.83. The van der Waals surface area contributed by atoms with Gasteiger partial charge in [0.1, 0.15) is 5.41 Å². The van der Waals surface area contributed by atoms with E-state index in [1.54, 1.807) is 0 Å². The predicted octanol–water partition coefficient (Wildman–Crippen LogP) is -1.11. The van der Waals surface area contributed by atoms with Crippen molar-refractivity contribution in [1.82, 2.24) is 5.06 Å². The Morgan fingerprint density at radius 1 is 1.14 bits per heavy atom. The molecule has 0 saturated carbocycles. The number of methoxy groups -OCH3 is 2. The van der Waals surface area contributed by atoms with Crippen LogP contribution in [0.5, 0.6) is 0 Å².